The minimum absolute atomic E-state index is 0.0722. The van der Waals surface area contributed by atoms with Gasteiger partial charge in [0, 0.05) is 21.1 Å². The van der Waals surface area contributed by atoms with Crippen LogP contribution in [0.25, 0.3) is 10.6 Å². The second-order valence-corrected chi connectivity index (χ2v) is 7.33. The number of carbonyl (C=O) groups excluding carboxylic acids is 1. The molecule has 3 aromatic rings. The zero-order valence-corrected chi connectivity index (χ0v) is 16.3. The Balaban J connectivity index is 1.67. The van der Waals surface area contributed by atoms with E-state index in [2.05, 4.69) is 26.2 Å². The number of benzene rings is 2. The van der Waals surface area contributed by atoms with E-state index in [1.165, 1.54) is 11.3 Å². The molecule has 25 heavy (non-hydrogen) atoms. The summed E-state index contributed by atoms with van der Waals surface area (Å²) in [5.74, 6) is 0.738. The van der Waals surface area contributed by atoms with Crippen LogP contribution in [0, 0.1) is 6.92 Å². The maximum Gasteiger partial charge on any atom is 0.230 e. The molecule has 128 valence electrons. The lowest BCUT2D eigenvalue weighted by Crippen LogP contribution is -2.15. The van der Waals surface area contributed by atoms with Crippen LogP contribution >= 0.6 is 27.3 Å². The molecule has 4 nitrogen and oxygen atoms in total. The molecule has 1 heterocycles. The van der Waals surface area contributed by atoms with Crippen molar-refractivity contribution >= 4 is 38.9 Å². The van der Waals surface area contributed by atoms with Crippen molar-refractivity contribution < 1.29 is 9.53 Å². The number of nitrogens with zero attached hydrogens (tertiary/aromatic N) is 1. The van der Waals surface area contributed by atoms with E-state index in [4.69, 9.17) is 4.74 Å². The van der Waals surface area contributed by atoms with Crippen molar-refractivity contribution in [3.8, 4) is 16.3 Å². The predicted octanol–water partition coefficient (Wildman–Crippen LogP) is 5.07. The van der Waals surface area contributed by atoms with Crippen LogP contribution in [0.5, 0.6) is 5.75 Å². The number of aromatic nitrogens is 1. The minimum Gasteiger partial charge on any atom is -0.497 e. The normalized spacial score (nSPS) is 10.5. The largest absolute Gasteiger partial charge is 0.497 e. The third-order valence-corrected chi connectivity index (χ3v) is 5.13. The number of nitrogens with one attached hydrogen (secondary N) is 1. The van der Waals surface area contributed by atoms with Crippen LogP contribution < -0.4 is 10.1 Å². The summed E-state index contributed by atoms with van der Waals surface area (Å²) < 4.78 is 6.16. The maximum absolute atomic E-state index is 12.3. The van der Waals surface area contributed by atoms with Gasteiger partial charge in [0.2, 0.25) is 5.91 Å². The zero-order valence-electron chi connectivity index (χ0n) is 13.9. The molecule has 1 aromatic heterocycles. The molecule has 0 saturated heterocycles. The number of anilines is 1. The molecule has 3 rings (SSSR count). The highest BCUT2D eigenvalue weighted by molar-refractivity contribution is 9.10. The van der Waals surface area contributed by atoms with Crippen molar-refractivity contribution in [1.29, 1.82) is 0 Å². The SMILES string of the molecule is COc1ccc(-c2nc(CC(=O)Nc3ccc(Br)cc3C)cs2)cc1. The second kappa shape index (κ2) is 7.80. The van der Waals surface area contributed by atoms with Crippen molar-refractivity contribution in [2.75, 3.05) is 12.4 Å². The predicted molar refractivity (Wildman–Crippen MR) is 105 cm³/mol. The van der Waals surface area contributed by atoms with E-state index >= 15 is 0 Å². The van der Waals surface area contributed by atoms with E-state index in [1.54, 1.807) is 7.11 Å². The van der Waals surface area contributed by atoms with Gasteiger partial charge in [-0.05, 0) is 55.0 Å². The molecule has 1 amide bonds. The molecule has 6 heteroatoms. The Hall–Kier alpha value is -2.18. The molecule has 1 N–H and O–H groups in total. The van der Waals surface area contributed by atoms with Crippen LogP contribution in [-0.2, 0) is 11.2 Å². The maximum atomic E-state index is 12.3. The Kier molecular flexibility index (Phi) is 5.50. The standard InChI is InChI=1S/C19H17BrN2O2S/c1-12-9-14(20)5-8-17(12)22-18(23)10-15-11-25-19(21-15)13-3-6-16(24-2)7-4-13/h3-9,11H,10H2,1-2H3,(H,22,23). The Morgan fingerprint density at radius 1 is 1.24 bits per heavy atom. The van der Waals surface area contributed by atoms with Gasteiger partial charge in [0.05, 0.1) is 19.2 Å². The van der Waals surface area contributed by atoms with Crippen LogP contribution in [0.2, 0.25) is 0 Å². The van der Waals surface area contributed by atoms with Crippen molar-refractivity contribution in [2.24, 2.45) is 0 Å². The van der Waals surface area contributed by atoms with Gasteiger partial charge in [-0.15, -0.1) is 11.3 Å². The summed E-state index contributed by atoms with van der Waals surface area (Å²) in [6.45, 7) is 1.96. The average Bonchev–Trinajstić information content (AvgIpc) is 3.06. The van der Waals surface area contributed by atoms with E-state index in [9.17, 15) is 4.79 Å². The second-order valence-electron chi connectivity index (χ2n) is 5.56. The number of methoxy groups -OCH3 is 1. The van der Waals surface area contributed by atoms with Gasteiger partial charge in [-0.25, -0.2) is 4.98 Å². The van der Waals surface area contributed by atoms with Gasteiger partial charge in [-0.1, -0.05) is 15.9 Å². The first-order valence-corrected chi connectivity index (χ1v) is 9.37. The van der Waals surface area contributed by atoms with Gasteiger partial charge in [0.15, 0.2) is 0 Å². The Morgan fingerprint density at radius 3 is 2.68 bits per heavy atom. The molecule has 0 spiro atoms. The quantitative estimate of drug-likeness (QED) is 0.631. The van der Waals surface area contributed by atoms with Crippen LogP contribution in [0.3, 0.4) is 0 Å². The number of carbonyl (C=O) groups is 1. The number of hydrogen-bond acceptors (Lipinski definition) is 4. The molecular weight excluding hydrogens is 400 g/mol. The topological polar surface area (TPSA) is 51.2 Å². The number of hydrogen-bond donors (Lipinski definition) is 1. The van der Waals surface area contributed by atoms with Crippen LogP contribution in [-0.4, -0.2) is 18.0 Å². The van der Waals surface area contributed by atoms with Crippen molar-refractivity contribution in [1.82, 2.24) is 4.98 Å². The van der Waals surface area contributed by atoms with E-state index < -0.39 is 0 Å². The highest BCUT2D eigenvalue weighted by Crippen LogP contribution is 2.26. The molecule has 0 aliphatic carbocycles. The fourth-order valence-corrected chi connectivity index (χ4v) is 3.68. The Morgan fingerprint density at radius 2 is 2.00 bits per heavy atom. The minimum atomic E-state index is -0.0722. The average molecular weight is 417 g/mol. The number of halogens is 1. The van der Waals surface area contributed by atoms with Gasteiger partial charge in [-0.2, -0.15) is 0 Å². The first-order chi connectivity index (χ1) is 12.0. The summed E-state index contributed by atoms with van der Waals surface area (Å²) in [5.41, 5.74) is 3.61. The number of aryl methyl sites for hydroxylation is 1. The zero-order chi connectivity index (χ0) is 17.8. The summed E-state index contributed by atoms with van der Waals surface area (Å²) in [6, 6.07) is 13.5. The Labute approximate surface area is 159 Å². The third-order valence-electron chi connectivity index (χ3n) is 3.69. The lowest BCUT2D eigenvalue weighted by atomic mass is 10.2. The summed E-state index contributed by atoms with van der Waals surface area (Å²) >= 11 is 4.95. The monoisotopic (exact) mass is 416 g/mol. The molecule has 0 unspecified atom stereocenters. The van der Waals surface area contributed by atoms with Crippen molar-refractivity contribution in [3.63, 3.8) is 0 Å². The Bertz CT molecular complexity index is 891. The van der Waals surface area contributed by atoms with Crippen molar-refractivity contribution in [2.45, 2.75) is 13.3 Å². The number of thiazole rings is 1. The fourth-order valence-electron chi connectivity index (χ4n) is 2.38. The molecule has 0 radical (unpaired) electrons. The highest BCUT2D eigenvalue weighted by Gasteiger charge is 2.10. The number of ether oxygens (including phenoxy) is 1. The van der Waals surface area contributed by atoms with Gasteiger partial charge in [0.25, 0.3) is 0 Å². The van der Waals surface area contributed by atoms with Gasteiger partial charge >= 0.3 is 0 Å². The van der Waals surface area contributed by atoms with E-state index in [1.807, 2.05) is 54.8 Å². The summed E-state index contributed by atoms with van der Waals surface area (Å²) in [5, 5.41) is 5.76. The highest BCUT2D eigenvalue weighted by atomic mass is 79.9. The molecule has 0 fully saturated rings. The molecule has 2 aromatic carbocycles. The van der Waals surface area contributed by atoms with Gasteiger partial charge in [-0.3, -0.25) is 4.79 Å². The molecular formula is C19H17BrN2O2S. The molecule has 0 bridgehead atoms. The van der Waals surface area contributed by atoms with E-state index in [0.717, 1.165) is 37.7 Å². The van der Waals surface area contributed by atoms with Crippen LogP contribution in [0.4, 0.5) is 5.69 Å². The number of rotatable bonds is 5. The summed E-state index contributed by atoms with van der Waals surface area (Å²) in [7, 11) is 1.64. The van der Waals surface area contributed by atoms with Crippen LogP contribution in [0.1, 0.15) is 11.3 Å². The first-order valence-electron chi connectivity index (χ1n) is 7.70. The summed E-state index contributed by atoms with van der Waals surface area (Å²) in [4.78, 5) is 16.8. The molecule has 0 atom stereocenters. The lowest BCUT2D eigenvalue weighted by molar-refractivity contribution is -0.115. The molecule has 0 aliphatic heterocycles. The third kappa shape index (κ3) is 4.46. The van der Waals surface area contributed by atoms with Crippen LogP contribution in [0.15, 0.2) is 52.3 Å². The first kappa shape index (κ1) is 17.6. The van der Waals surface area contributed by atoms with Gasteiger partial charge in [0.1, 0.15) is 10.8 Å². The molecule has 0 aliphatic rings. The lowest BCUT2D eigenvalue weighted by Gasteiger charge is -2.08. The fraction of sp³-hybridized carbons (Fsp3) is 0.158. The van der Waals surface area contributed by atoms with E-state index in [-0.39, 0.29) is 12.3 Å². The van der Waals surface area contributed by atoms with E-state index in [0.29, 0.717) is 0 Å². The smallest absolute Gasteiger partial charge is 0.230 e. The number of amides is 1. The molecule has 0 saturated carbocycles. The van der Waals surface area contributed by atoms with Gasteiger partial charge < -0.3 is 10.1 Å². The summed E-state index contributed by atoms with van der Waals surface area (Å²) in [6.07, 6.45) is 0.252. The van der Waals surface area contributed by atoms with Crippen molar-refractivity contribution in [3.05, 3.63) is 63.6 Å².